The van der Waals surface area contributed by atoms with Crippen LogP contribution >= 0.6 is 0 Å². The molecule has 1 rings (SSSR count). The Labute approximate surface area is 84.8 Å². The maximum absolute atomic E-state index is 11.6. The summed E-state index contributed by atoms with van der Waals surface area (Å²) in [5.41, 5.74) is 5.43. The number of piperazine rings is 1. The van der Waals surface area contributed by atoms with Crippen LogP contribution in [0.15, 0.2) is 0 Å². The topological polar surface area (TPSA) is 58.8 Å². The van der Waals surface area contributed by atoms with Gasteiger partial charge in [0.2, 0.25) is 5.91 Å². The van der Waals surface area contributed by atoms with Crippen molar-refractivity contribution < 1.29 is 9.53 Å². The van der Waals surface area contributed by atoms with Gasteiger partial charge >= 0.3 is 0 Å². The van der Waals surface area contributed by atoms with E-state index in [1.54, 1.807) is 7.11 Å². The van der Waals surface area contributed by atoms with Crippen LogP contribution in [-0.4, -0.2) is 68.7 Å². The molecule has 0 atom stereocenters. The number of nitrogens with zero attached hydrogens (tertiary/aromatic N) is 2. The summed E-state index contributed by atoms with van der Waals surface area (Å²) < 4.78 is 4.94. The minimum atomic E-state index is 0.182. The van der Waals surface area contributed by atoms with Crippen molar-refractivity contribution in [3.05, 3.63) is 0 Å². The summed E-state index contributed by atoms with van der Waals surface area (Å²) in [6.07, 6.45) is 0. The predicted octanol–water partition coefficient (Wildman–Crippen LogP) is -1.26. The van der Waals surface area contributed by atoms with Crippen LogP contribution in [0.1, 0.15) is 0 Å². The normalized spacial score (nSPS) is 19.0. The number of nitrogens with two attached hydrogens (primary N) is 1. The molecular formula is C9H19N3O2. The number of methoxy groups -OCH3 is 1. The average Bonchev–Trinajstić information content (AvgIpc) is 2.17. The maximum Gasteiger partial charge on any atom is 0.236 e. The fourth-order valence-electron chi connectivity index (χ4n) is 1.57. The summed E-state index contributed by atoms with van der Waals surface area (Å²) in [6, 6.07) is 0. The van der Waals surface area contributed by atoms with Crippen molar-refractivity contribution in [3.63, 3.8) is 0 Å². The van der Waals surface area contributed by atoms with Crippen molar-refractivity contribution >= 4 is 5.91 Å². The molecule has 0 spiro atoms. The van der Waals surface area contributed by atoms with Gasteiger partial charge in [-0.25, -0.2) is 0 Å². The molecule has 1 saturated heterocycles. The van der Waals surface area contributed by atoms with Crippen molar-refractivity contribution in [2.24, 2.45) is 5.73 Å². The zero-order valence-electron chi connectivity index (χ0n) is 8.74. The van der Waals surface area contributed by atoms with E-state index < -0.39 is 0 Å². The van der Waals surface area contributed by atoms with E-state index in [1.807, 2.05) is 4.90 Å². The summed E-state index contributed by atoms with van der Waals surface area (Å²) in [5.74, 6) is 0.182. The average molecular weight is 201 g/mol. The van der Waals surface area contributed by atoms with Gasteiger partial charge in [-0.1, -0.05) is 0 Å². The quantitative estimate of drug-likeness (QED) is 0.603. The Balaban J connectivity index is 2.28. The van der Waals surface area contributed by atoms with E-state index in [9.17, 15) is 4.79 Å². The number of rotatable bonds is 5. The Morgan fingerprint density at radius 1 is 1.43 bits per heavy atom. The number of amides is 1. The lowest BCUT2D eigenvalue weighted by molar-refractivity contribution is -0.136. The van der Waals surface area contributed by atoms with E-state index >= 15 is 0 Å². The summed E-state index contributed by atoms with van der Waals surface area (Å²) >= 11 is 0. The summed E-state index contributed by atoms with van der Waals surface area (Å²) in [4.78, 5) is 15.5. The zero-order valence-corrected chi connectivity index (χ0v) is 8.74. The third-order valence-corrected chi connectivity index (χ3v) is 2.41. The van der Waals surface area contributed by atoms with Gasteiger partial charge in [-0.05, 0) is 0 Å². The number of hydrogen-bond donors (Lipinski definition) is 1. The van der Waals surface area contributed by atoms with Crippen LogP contribution in [0.2, 0.25) is 0 Å². The number of hydrogen-bond acceptors (Lipinski definition) is 4. The lowest BCUT2D eigenvalue weighted by atomic mass is 10.3. The highest BCUT2D eigenvalue weighted by Crippen LogP contribution is 2.01. The standard InChI is InChI=1S/C9H19N3O2/c1-14-7-6-12-5-4-11(3-2-10)8-9(12)13/h2-8,10H2,1H3. The first-order valence-corrected chi connectivity index (χ1v) is 4.97. The van der Waals surface area contributed by atoms with E-state index in [0.717, 1.165) is 19.6 Å². The first kappa shape index (κ1) is 11.4. The second-order valence-electron chi connectivity index (χ2n) is 3.44. The number of carbonyl (C=O) groups is 1. The Kier molecular flexibility index (Phi) is 4.86. The summed E-state index contributed by atoms with van der Waals surface area (Å²) in [6.45, 7) is 4.96. The second-order valence-corrected chi connectivity index (χ2v) is 3.44. The van der Waals surface area contributed by atoms with Gasteiger partial charge in [0.15, 0.2) is 0 Å². The van der Waals surface area contributed by atoms with Crippen molar-refractivity contribution in [1.29, 1.82) is 0 Å². The lowest BCUT2D eigenvalue weighted by Crippen LogP contribution is -2.52. The third kappa shape index (κ3) is 3.25. The largest absolute Gasteiger partial charge is 0.383 e. The number of ether oxygens (including phenoxy) is 1. The van der Waals surface area contributed by atoms with Gasteiger partial charge in [0.1, 0.15) is 0 Å². The SMILES string of the molecule is COCCN1CCN(CCN)CC1=O. The predicted molar refractivity (Wildman–Crippen MR) is 54.0 cm³/mol. The second kappa shape index (κ2) is 5.95. The van der Waals surface area contributed by atoms with Crippen LogP contribution in [0, 0.1) is 0 Å². The summed E-state index contributed by atoms with van der Waals surface area (Å²) in [7, 11) is 1.65. The molecule has 2 N–H and O–H groups in total. The fourth-order valence-corrected chi connectivity index (χ4v) is 1.57. The van der Waals surface area contributed by atoms with Crippen LogP contribution in [0.25, 0.3) is 0 Å². The Hall–Kier alpha value is -0.650. The molecule has 5 nitrogen and oxygen atoms in total. The van der Waals surface area contributed by atoms with Crippen molar-refractivity contribution in [1.82, 2.24) is 9.80 Å². The van der Waals surface area contributed by atoms with E-state index in [4.69, 9.17) is 10.5 Å². The maximum atomic E-state index is 11.6. The molecule has 1 amide bonds. The minimum absolute atomic E-state index is 0.182. The molecule has 1 aliphatic rings. The fraction of sp³-hybridized carbons (Fsp3) is 0.889. The van der Waals surface area contributed by atoms with Gasteiger partial charge < -0.3 is 15.4 Å². The zero-order chi connectivity index (χ0) is 10.4. The van der Waals surface area contributed by atoms with Crippen LogP contribution in [-0.2, 0) is 9.53 Å². The molecule has 0 aromatic rings. The first-order valence-electron chi connectivity index (χ1n) is 4.97. The third-order valence-electron chi connectivity index (χ3n) is 2.41. The molecule has 1 fully saturated rings. The molecule has 0 unspecified atom stereocenters. The highest BCUT2D eigenvalue weighted by molar-refractivity contribution is 5.79. The van der Waals surface area contributed by atoms with Crippen LogP contribution in [0.4, 0.5) is 0 Å². The molecule has 1 heterocycles. The highest BCUT2D eigenvalue weighted by atomic mass is 16.5. The van der Waals surface area contributed by atoms with Gasteiger partial charge in [-0.2, -0.15) is 0 Å². The molecule has 14 heavy (non-hydrogen) atoms. The molecule has 0 aromatic heterocycles. The van der Waals surface area contributed by atoms with Gasteiger partial charge in [0, 0.05) is 39.8 Å². The Morgan fingerprint density at radius 3 is 2.79 bits per heavy atom. The molecule has 0 bridgehead atoms. The van der Waals surface area contributed by atoms with Crippen molar-refractivity contribution in [2.45, 2.75) is 0 Å². The first-order chi connectivity index (χ1) is 6.77. The smallest absolute Gasteiger partial charge is 0.236 e. The minimum Gasteiger partial charge on any atom is -0.383 e. The molecule has 5 heteroatoms. The van der Waals surface area contributed by atoms with Crippen molar-refractivity contribution in [2.75, 3.05) is 53.0 Å². The van der Waals surface area contributed by atoms with Gasteiger partial charge in [-0.15, -0.1) is 0 Å². The molecule has 0 aliphatic carbocycles. The molecule has 1 aliphatic heterocycles. The van der Waals surface area contributed by atoms with Crippen LogP contribution in [0.5, 0.6) is 0 Å². The molecule has 0 saturated carbocycles. The van der Waals surface area contributed by atoms with Crippen LogP contribution < -0.4 is 5.73 Å². The van der Waals surface area contributed by atoms with Gasteiger partial charge in [0.25, 0.3) is 0 Å². The monoisotopic (exact) mass is 201 g/mol. The van der Waals surface area contributed by atoms with Crippen LogP contribution in [0.3, 0.4) is 0 Å². The number of carbonyl (C=O) groups excluding carboxylic acids is 1. The van der Waals surface area contributed by atoms with E-state index in [-0.39, 0.29) is 5.91 Å². The van der Waals surface area contributed by atoms with E-state index in [1.165, 1.54) is 0 Å². The van der Waals surface area contributed by atoms with E-state index in [2.05, 4.69) is 4.90 Å². The van der Waals surface area contributed by atoms with E-state index in [0.29, 0.717) is 26.2 Å². The van der Waals surface area contributed by atoms with Gasteiger partial charge in [0.05, 0.1) is 13.2 Å². The Bertz CT molecular complexity index is 187. The summed E-state index contributed by atoms with van der Waals surface area (Å²) in [5, 5.41) is 0. The molecular weight excluding hydrogens is 182 g/mol. The lowest BCUT2D eigenvalue weighted by Gasteiger charge is -2.33. The molecule has 0 radical (unpaired) electrons. The molecule has 82 valence electrons. The molecule has 0 aromatic carbocycles. The van der Waals surface area contributed by atoms with Crippen molar-refractivity contribution in [3.8, 4) is 0 Å². The Morgan fingerprint density at radius 2 is 2.21 bits per heavy atom. The highest BCUT2D eigenvalue weighted by Gasteiger charge is 2.22. The van der Waals surface area contributed by atoms with Gasteiger partial charge in [-0.3, -0.25) is 9.69 Å².